The maximum absolute atomic E-state index is 9.02. The number of nitrogens with zero attached hydrogens (tertiary/aromatic N) is 2. The topological polar surface area (TPSA) is 64.1 Å². The second-order valence-electron chi connectivity index (χ2n) is 4.41. The predicted octanol–water partition coefficient (Wildman–Crippen LogP) is 0.716. The van der Waals surface area contributed by atoms with Crippen molar-refractivity contribution < 1.29 is 5.11 Å². The Hall–Kier alpha value is -0.870. The molecule has 1 atom stereocenters. The maximum Gasteiger partial charge on any atom is 0.0611 e. The summed E-state index contributed by atoms with van der Waals surface area (Å²) in [5, 5.41) is 13.2. The molecule has 4 nitrogen and oxygen atoms in total. The molecule has 1 aromatic rings. The number of rotatable bonds is 4. The molecule has 0 aliphatic heterocycles. The Morgan fingerprint density at radius 2 is 2.29 bits per heavy atom. The number of aliphatic hydroxyl groups is 1. The van der Waals surface area contributed by atoms with E-state index in [-0.39, 0.29) is 6.61 Å². The summed E-state index contributed by atoms with van der Waals surface area (Å²) in [6.45, 7) is 5.97. The average Bonchev–Trinajstić information content (AvgIpc) is 2.52. The van der Waals surface area contributed by atoms with Gasteiger partial charge in [-0.05, 0) is 32.8 Å². The number of aromatic nitrogens is 2. The van der Waals surface area contributed by atoms with E-state index in [2.05, 4.69) is 18.9 Å². The molecule has 1 unspecified atom stereocenters. The van der Waals surface area contributed by atoms with E-state index in [1.54, 1.807) is 6.20 Å². The molecule has 0 bridgehead atoms. The predicted molar refractivity (Wildman–Crippen MR) is 56.0 cm³/mol. The van der Waals surface area contributed by atoms with Crippen molar-refractivity contribution >= 4 is 0 Å². The van der Waals surface area contributed by atoms with Crippen molar-refractivity contribution in [2.45, 2.75) is 38.8 Å². The lowest BCUT2D eigenvalue weighted by Crippen LogP contribution is -2.42. The Morgan fingerprint density at radius 3 is 2.71 bits per heavy atom. The van der Waals surface area contributed by atoms with Gasteiger partial charge in [0.15, 0.2) is 0 Å². The first-order valence-electron chi connectivity index (χ1n) is 4.87. The molecule has 0 spiro atoms. The van der Waals surface area contributed by atoms with Crippen molar-refractivity contribution in [3.05, 3.63) is 18.0 Å². The fourth-order valence-corrected chi connectivity index (χ4v) is 1.27. The van der Waals surface area contributed by atoms with Crippen LogP contribution in [-0.4, -0.2) is 27.0 Å². The monoisotopic (exact) mass is 197 g/mol. The molecule has 14 heavy (non-hydrogen) atoms. The highest BCUT2D eigenvalue weighted by molar-refractivity contribution is 5.09. The smallest absolute Gasteiger partial charge is 0.0611 e. The van der Waals surface area contributed by atoms with Crippen LogP contribution < -0.4 is 5.73 Å². The summed E-state index contributed by atoms with van der Waals surface area (Å²) in [6, 6.07) is 0.363. The minimum Gasteiger partial charge on any atom is -0.394 e. The van der Waals surface area contributed by atoms with Crippen LogP contribution >= 0.6 is 0 Å². The quantitative estimate of drug-likeness (QED) is 0.747. The molecular weight excluding hydrogens is 178 g/mol. The van der Waals surface area contributed by atoms with Crippen LogP contribution in [-0.2, 0) is 6.42 Å². The molecule has 80 valence electrons. The van der Waals surface area contributed by atoms with Crippen LogP contribution in [0.25, 0.3) is 0 Å². The molecule has 0 fully saturated rings. The van der Waals surface area contributed by atoms with Crippen LogP contribution in [0.5, 0.6) is 0 Å². The molecule has 1 heterocycles. The normalized spacial score (nSPS) is 15.9. The number of hydrogen-bond acceptors (Lipinski definition) is 3. The van der Waals surface area contributed by atoms with Gasteiger partial charge in [0.05, 0.1) is 12.8 Å². The zero-order valence-electron chi connectivity index (χ0n) is 9.07. The van der Waals surface area contributed by atoms with E-state index in [0.29, 0.717) is 12.5 Å². The fourth-order valence-electron chi connectivity index (χ4n) is 1.27. The standard InChI is InChI=1S/C10H19N3O/c1-8(2)13-6-9(5-12-13)4-10(3,11)7-14/h5-6,8,14H,4,7,11H2,1-3H3. The maximum atomic E-state index is 9.02. The lowest BCUT2D eigenvalue weighted by Gasteiger charge is -2.20. The number of hydrogen-bond donors (Lipinski definition) is 2. The molecule has 3 N–H and O–H groups in total. The molecule has 0 radical (unpaired) electrons. The summed E-state index contributed by atoms with van der Waals surface area (Å²) in [6.07, 6.45) is 4.43. The highest BCUT2D eigenvalue weighted by atomic mass is 16.3. The van der Waals surface area contributed by atoms with Gasteiger partial charge < -0.3 is 10.8 Å². The second kappa shape index (κ2) is 4.11. The first kappa shape index (κ1) is 11.2. The minimum absolute atomic E-state index is 0.0140. The van der Waals surface area contributed by atoms with Gasteiger partial charge in [-0.3, -0.25) is 4.68 Å². The van der Waals surface area contributed by atoms with Crippen LogP contribution in [0, 0.1) is 0 Å². The van der Waals surface area contributed by atoms with Crippen LogP contribution in [0.1, 0.15) is 32.4 Å². The fraction of sp³-hybridized carbons (Fsp3) is 0.700. The molecule has 1 aromatic heterocycles. The molecule has 0 aliphatic rings. The van der Waals surface area contributed by atoms with Crippen LogP contribution in [0.15, 0.2) is 12.4 Å². The van der Waals surface area contributed by atoms with E-state index in [4.69, 9.17) is 10.8 Å². The summed E-state index contributed by atoms with van der Waals surface area (Å²) >= 11 is 0. The van der Waals surface area contributed by atoms with E-state index in [1.807, 2.05) is 17.8 Å². The van der Waals surface area contributed by atoms with Crippen LogP contribution in [0.4, 0.5) is 0 Å². The largest absolute Gasteiger partial charge is 0.394 e. The molecular formula is C10H19N3O. The van der Waals surface area contributed by atoms with Gasteiger partial charge in [0.2, 0.25) is 0 Å². The molecule has 4 heteroatoms. The van der Waals surface area contributed by atoms with E-state index < -0.39 is 5.54 Å². The van der Waals surface area contributed by atoms with Crippen molar-refractivity contribution in [3.63, 3.8) is 0 Å². The molecule has 0 saturated heterocycles. The second-order valence-corrected chi connectivity index (χ2v) is 4.41. The summed E-state index contributed by atoms with van der Waals surface area (Å²) in [4.78, 5) is 0. The van der Waals surface area contributed by atoms with Gasteiger partial charge >= 0.3 is 0 Å². The Morgan fingerprint density at radius 1 is 1.64 bits per heavy atom. The third-order valence-electron chi connectivity index (χ3n) is 2.15. The highest BCUT2D eigenvalue weighted by Crippen LogP contribution is 2.11. The lowest BCUT2D eigenvalue weighted by atomic mass is 9.97. The zero-order valence-corrected chi connectivity index (χ0v) is 9.07. The van der Waals surface area contributed by atoms with Gasteiger partial charge in [-0.15, -0.1) is 0 Å². The molecule has 0 saturated carbocycles. The van der Waals surface area contributed by atoms with E-state index >= 15 is 0 Å². The Bertz CT molecular complexity index is 291. The van der Waals surface area contributed by atoms with Gasteiger partial charge in [-0.2, -0.15) is 5.10 Å². The van der Waals surface area contributed by atoms with Crippen molar-refractivity contribution in [1.29, 1.82) is 0 Å². The van der Waals surface area contributed by atoms with Crippen molar-refractivity contribution in [1.82, 2.24) is 9.78 Å². The van der Waals surface area contributed by atoms with Gasteiger partial charge in [-0.1, -0.05) is 0 Å². The molecule has 0 aliphatic carbocycles. The SMILES string of the molecule is CC(C)n1cc(CC(C)(N)CO)cn1. The van der Waals surface area contributed by atoms with Crippen molar-refractivity contribution in [2.75, 3.05) is 6.61 Å². The van der Waals surface area contributed by atoms with Crippen molar-refractivity contribution in [3.8, 4) is 0 Å². The summed E-state index contributed by atoms with van der Waals surface area (Å²) in [5.41, 5.74) is 6.36. The first-order valence-corrected chi connectivity index (χ1v) is 4.87. The van der Waals surface area contributed by atoms with Crippen molar-refractivity contribution in [2.24, 2.45) is 5.73 Å². The lowest BCUT2D eigenvalue weighted by molar-refractivity contribution is 0.208. The van der Waals surface area contributed by atoms with Gasteiger partial charge in [-0.25, -0.2) is 0 Å². The van der Waals surface area contributed by atoms with Crippen LogP contribution in [0.3, 0.4) is 0 Å². The third kappa shape index (κ3) is 2.82. The summed E-state index contributed by atoms with van der Waals surface area (Å²) in [5.74, 6) is 0. The first-order chi connectivity index (χ1) is 6.44. The highest BCUT2D eigenvalue weighted by Gasteiger charge is 2.18. The Kier molecular flexibility index (Phi) is 3.29. The van der Waals surface area contributed by atoms with Crippen LogP contribution in [0.2, 0.25) is 0 Å². The van der Waals surface area contributed by atoms with Gasteiger partial charge in [0, 0.05) is 17.8 Å². The number of aliphatic hydroxyl groups excluding tert-OH is 1. The van der Waals surface area contributed by atoms with E-state index in [1.165, 1.54) is 0 Å². The zero-order chi connectivity index (χ0) is 10.8. The third-order valence-corrected chi connectivity index (χ3v) is 2.15. The van der Waals surface area contributed by atoms with E-state index in [0.717, 1.165) is 5.56 Å². The molecule has 1 rings (SSSR count). The molecule has 0 aromatic carbocycles. The van der Waals surface area contributed by atoms with Gasteiger partial charge in [0.1, 0.15) is 0 Å². The number of nitrogens with two attached hydrogens (primary N) is 1. The molecule has 0 amide bonds. The van der Waals surface area contributed by atoms with E-state index in [9.17, 15) is 0 Å². The Labute approximate surface area is 84.7 Å². The summed E-state index contributed by atoms with van der Waals surface area (Å²) in [7, 11) is 0. The van der Waals surface area contributed by atoms with Gasteiger partial charge in [0.25, 0.3) is 0 Å². The Balaban J connectivity index is 2.69. The summed E-state index contributed by atoms with van der Waals surface area (Å²) < 4.78 is 1.89. The minimum atomic E-state index is -0.551. The average molecular weight is 197 g/mol.